The molecule has 0 bridgehead atoms. The fraction of sp³-hybridized carbons (Fsp3) is 0.286. The van der Waals surface area contributed by atoms with E-state index in [4.69, 9.17) is 11.6 Å². The molecule has 1 heterocycles. The Balaban J connectivity index is 1.99. The van der Waals surface area contributed by atoms with Crippen molar-refractivity contribution in [2.24, 2.45) is 0 Å². The summed E-state index contributed by atoms with van der Waals surface area (Å²) in [5, 5.41) is 3.55. The number of halogens is 1. The van der Waals surface area contributed by atoms with Crippen molar-refractivity contribution in [2.45, 2.75) is 39.3 Å². The number of nitrogens with one attached hydrogen (secondary N) is 1. The first kappa shape index (κ1) is 19.9. The Morgan fingerprint density at radius 2 is 1.71 bits per heavy atom. The number of hydrogen-bond acceptors (Lipinski definition) is 3. The van der Waals surface area contributed by atoms with Gasteiger partial charge in [-0.05, 0) is 30.7 Å². The molecule has 0 spiro atoms. The highest BCUT2D eigenvalue weighted by molar-refractivity contribution is 6.33. The van der Waals surface area contributed by atoms with Gasteiger partial charge in [0, 0.05) is 6.54 Å². The van der Waals surface area contributed by atoms with Crippen LogP contribution in [0.25, 0.3) is 10.9 Å². The van der Waals surface area contributed by atoms with Crippen LogP contribution in [-0.4, -0.2) is 15.0 Å². The summed E-state index contributed by atoms with van der Waals surface area (Å²) >= 11 is 6.09. The summed E-state index contributed by atoms with van der Waals surface area (Å²) in [4.78, 5) is 38.3. The molecule has 2 aromatic carbocycles. The van der Waals surface area contributed by atoms with Crippen molar-refractivity contribution in [2.75, 3.05) is 5.32 Å². The number of hydrogen-bond donors (Lipinski definition) is 1. The van der Waals surface area contributed by atoms with E-state index in [9.17, 15) is 14.4 Å². The Labute approximate surface area is 167 Å². The minimum absolute atomic E-state index is 0.210. The number of para-hydroxylation sites is 2. The van der Waals surface area contributed by atoms with E-state index < -0.39 is 5.69 Å². The van der Waals surface area contributed by atoms with E-state index in [-0.39, 0.29) is 18.0 Å². The van der Waals surface area contributed by atoms with Gasteiger partial charge in [0.2, 0.25) is 5.91 Å². The van der Waals surface area contributed by atoms with Gasteiger partial charge in [0.05, 0.1) is 21.6 Å². The maximum Gasteiger partial charge on any atom is 0.331 e. The first-order chi connectivity index (χ1) is 13.5. The van der Waals surface area contributed by atoms with E-state index in [0.717, 1.165) is 19.3 Å². The minimum atomic E-state index is -0.478. The smallest absolute Gasteiger partial charge is 0.323 e. The van der Waals surface area contributed by atoms with Crippen molar-refractivity contribution in [3.63, 3.8) is 0 Å². The molecule has 3 rings (SSSR count). The Morgan fingerprint density at radius 1 is 1.00 bits per heavy atom. The number of nitrogens with zero attached hydrogens (tertiary/aromatic N) is 2. The number of rotatable bonds is 7. The third kappa shape index (κ3) is 4.17. The van der Waals surface area contributed by atoms with Crippen LogP contribution >= 0.6 is 11.6 Å². The van der Waals surface area contributed by atoms with E-state index >= 15 is 0 Å². The molecule has 0 radical (unpaired) electrons. The van der Waals surface area contributed by atoms with Crippen LogP contribution < -0.4 is 16.6 Å². The van der Waals surface area contributed by atoms with Gasteiger partial charge in [0.25, 0.3) is 5.56 Å². The minimum Gasteiger partial charge on any atom is -0.323 e. The van der Waals surface area contributed by atoms with Crippen LogP contribution in [0.2, 0.25) is 5.02 Å². The molecular weight excluding hydrogens is 378 g/mol. The molecule has 146 valence electrons. The maximum atomic E-state index is 13.0. The molecule has 28 heavy (non-hydrogen) atoms. The molecule has 0 aliphatic rings. The van der Waals surface area contributed by atoms with E-state index in [1.807, 2.05) is 0 Å². The Hall–Kier alpha value is -2.86. The van der Waals surface area contributed by atoms with Crippen LogP contribution in [0.1, 0.15) is 26.2 Å². The highest BCUT2D eigenvalue weighted by Gasteiger charge is 2.15. The summed E-state index contributed by atoms with van der Waals surface area (Å²) in [6, 6.07) is 13.7. The molecule has 0 aliphatic heterocycles. The number of benzene rings is 2. The predicted molar refractivity (Wildman–Crippen MR) is 112 cm³/mol. The van der Waals surface area contributed by atoms with Crippen molar-refractivity contribution in [1.82, 2.24) is 9.13 Å². The van der Waals surface area contributed by atoms with Gasteiger partial charge in [-0.1, -0.05) is 55.6 Å². The Bertz CT molecular complexity index is 1120. The van der Waals surface area contributed by atoms with E-state index in [0.29, 0.717) is 28.2 Å². The lowest BCUT2D eigenvalue weighted by Crippen LogP contribution is -2.41. The van der Waals surface area contributed by atoms with Crippen LogP contribution in [0.15, 0.2) is 58.1 Å². The zero-order valence-electron chi connectivity index (χ0n) is 15.7. The van der Waals surface area contributed by atoms with E-state index in [1.54, 1.807) is 48.5 Å². The van der Waals surface area contributed by atoms with Gasteiger partial charge < -0.3 is 5.32 Å². The average molecular weight is 400 g/mol. The van der Waals surface area contributed by atoms with Crippen LogP contribution in [0, 0.1) is 0 Å². The van der Waals surface area contributed by atoms with Crippen molar-refractivity contribution in [3.8, 4) is 0 Å². The number of unbranched alkanes of at least 4 members (excludes halogenated alkanes) is 2. The van der Waals surface area contributed by atoms with E-state index in [1.165, 1.54) is 9.13 Å². The van der Waals surface area contributed by atoms with Crippen molar-refractivity contribution >= 4 is 34.1 Å². The van der Waals surface area contributed by atoms with Gasteiger partial charge in [-0.3, -0.25) is 18.7 Å². The molecular formula is C21H22ClN3O3. The molecule has 0 saturated carbocycles. The fourth-order valence-electron chi connectivity index (χ4n) is 3.14. The van der Waals surface area contributed by atoms with Crippen LogP contribution in [0.5, 0.6) is 0 Å². The SMILES string of the molecule is CCCCCn1c(=O)c2ccccc2n(CC(=O)Nc2ccccc2Cl)c1=O. The summed E-state index contributed by atoms with van der Waals surface area (Å²) in [5.74, 6) is -0.390. The van der Waals surface area contributed by atoms with Crippen molar-refractivity contribution in [1.29, 1.82) is 0 Å². The Morgan fingerprint density at radius 3 is 2.46 bits per heavy atom. The van der Waals surface area contributed by atoms with Crippen LogP contribution in [0.3, 0.4) is 0 Å². The average Bonchev–Trinajstić information content (AvgIpc) is 2.69. The Kier molecular flexibility index (Phi) is 6.31. The number of aromatic nitrogens is 2. The molecule has 1 amide bonds. The highest BCUT2D eigenvalue weighted by atomic mass is 35.5. The van der Waals surface area contributed by atoms with Crippen molar-refractivity contribution < 1.29 is 4.79 Å². The number of amides is 1. The molecule has 0 saturated heterocycles. The number of anilines is 1. The molecule has 6 nitrogen and oxygen atoms in total. The largest absolute Gasteiger partial charge is 0.331 e. The second-order valence-corrected chi connectivity index (χ2v) is 6.98. The summed E-state index contributed by atoms with van der Waals surface area (Å²) in [5.41, 5.74) is 0.120. The monoisotopic (exact) mass is 399 g/mol. The third-order valence-corrected chi connectivity index (χ3v) is 4.90. The molecule has 0 atom stereocenters. The lowest BCUT2D eigenvalue weighted by molar-refractivity contribution is -0.116. The molecule has 0 unspecified atom stereocenters. The van der Waals surface area contributed by atoms with Gasteiger partial charge >= 0.3 is 5.69 Å². The van der Waals surface area contributed by atoms with Crippen LogP contribution in [0.4, 0.5) is 5.69 Å². The summed E-state index contributed by atoms with van der Waals surface area (Å²) < 4.78 is 2.57. The van der Waals surface area contributed by atoms with Gasteiger partial charge in [-0.25, -0.2) is 4.79 Å². The van der Waals surface area contributed by atoms with E-state index in [2.05, 4.69) is 12.2 Å². The number of carbonyl (C=O) groups is 1. The third-order valence-electron chi connectivity index (χ3n) is 4.57. The van der Waals surface area contributed by atoms with Gasteiger partial charge in [0.1, 0.15) is 6.54 Å². The summed E-state index contributed by atoms with van der Waals surface area (Å²) in [6.45, 7) is 2.18. The highest BCUT2D eigenvalue weighted by Crippen LogP contribution is 2.20. The zero-order chi connectivity index (χ0) is 20.1. The lowest BCUT2D eigenvalue weighted by atomic mass is 10.2. The van der Waals surface area contributed by atoms with Crippen LogP contribution in [-0.2, 0) is 17.9 Å². The second kappa shape index (κ2) is 8.89. The molecule has 0 aliphatic carbocycles. The summed E-state index contributed by atoms with van der Waals surface area (Å²) in [7, 11) is 0. The predicted octanol–water partition coefficient (Wildman–Crippen LogP) is 3.65. The van der Waals surface area contributed by atoms with Crippen molar-refractivity contribution in [3.05, 3.63) is 74.4 Å². The van der Waals surface area contributed by atoms with Gasteiger partial charge in [-0.15, -0.1) is 0 Å². The summed E-state index contributed by atoms with van der Waals surface area (Å²) in [6.07, 6.45) is 2.64. The number of carbonyl (C=O) groups excluding carboxylic acids is 1. The quantitative estimate of drug-likeness (QED) is 0.616. The first-order valence-corrected chi connectivity index (χ1v) is 9.67. The topological polar surface area (TPSA) is 73.1 Å². The normalized spacial score (nSPS) is 10.9. The number of fused-ring (bicyclic) bond motifs is 1. The molecule has 1 aromatic heterocycles. The molecule has 3 aromatic rings. The van der Waals surface area contributed by atoms with Gasteiger partial charge in [-0.2, -0.15) is 0 Å². The zero-order valence-corrected chi connectivity index (χ0v) is 16.4. The lowest BCUT2D eigenvalue weighted by Gasteiger charge is -2.14. The first-order valence-electron chi connectivity index (χ1n) is 9.29. The molecule has 0 fully saturated rings. The molecule has 1 N–H and O–H groups in total. The van der Waals surface area contributed by atoms with Gasteiger partial charge in [0.15, 0.2) is 0 Å². The fourth-order valence-corrected chi connectivity index (χ4v) is 3.32. The second-order valence-electron chi connectivity index (χ2n) is 6.58. The standard InChI is InChI=1S/C21H22ClN3O3/c1-2-3-8-13-24-20(27)15-9-4-7-12-18(15)25(21(24)28)14-19(26)23-17-11-6-5-10-16(17)22/h4-7,9-12H,2-3,8,13-14H2,1H3,(H,23,26). The maximum absolute atomic E-state index is 13.0. The molecule has 7 heteroatoms.